The molecule has 3 atom stereocenters. The van der Waals surface area contributed by atoms with Crippen LogP contribution in [0.2, 0.25) is 5.02 Å². The topological polar surface area (TPSA) is 139 Å². The van der Waals surface area contributed by atoms with E-state index in [2.05, 4.69) is 0 Å². The van der Waals surface area contributed by atoms with E-state index in [0.717, 1.165) is 18.4 Å². The Kier molecular flexibility index (Phi) is 8.08. The molecule has 194 valence electrons. The zero-order chi connectivity index (χ0) is 25.8. The number of aliphatic carboxylic acids is 1. The molecule has 1 saturated heterocycles. The zero-order valence-corrected chi connectivity index (χ0v) is 21.0. The second-order valence-corrected chi connectivity index (χ2v) is 9.94. The molecule has 3 unspecified atom stereocenters. The standard InChI is InChI=1S/C26H33ClN4O5/c27-20-9-10-21(36-15-16(29)5-3-12-28)23-19(20)11-14-31(24(23)30-13-4-8-22(30)32)25(33)17-6-1-2-7-18(17)26(34)35/h3,5,9-10,12,17-18,24H,1-2,4,6-8,11,13-15,28-29H2,(H,34,35)/b12-3-,16-5-. The Bertz CT molecular complexity index is 1090. The van der Waals surface area contributed by atoms with Crippen molar-refractivity contribution in [3.8, 4) is 5.75 Å². The lowest BCUT2D eigenvalue weighted by molar-refractivity contribution is -0.157. The maximum atomic E-state index is 13.9. The summed E-state index contributed by atoms with van der Waals surface area (Å²) in [6.45, 7) is 0.918. The van der Waals surface area contributed by atoms with Crippen LogP contribution in [0, 0.1) is 11.8 Å². The van der Waals surface area contributed by atoms with Crippen LogP contribution in [-0.2, 0) is 20.8 Å². The molecule has 2 amide bonds. The molecule has 10 heteroatoms. The Labute approximate surface area is 215 Å². The fraction of sp³-hybridized carbons (Fsp3) is 0.500. The summed E-state index contributed by atoms with van der Waals surface area (Å²) in [5.74, 6) is -2.08. The van der Waals surface area contributed by atoms with Gasteiger partial charge in [0, 0.05) is 35.8 Å². The molecule has 2 heterocycles. The fourth-order valence-corrected chi connectivity index (χ4v) is 5.86. The second-order valence-electron chi connectivity index (χ2n) is 9.53. The molecule has 1 saturated carbocycles. The van der Waals surface area contributed by atoms with Crippen molar-refractivity contribution in [1.82, 2.24) is 9.80 Å². The number of nitrogens with zero attached hydrogens (tertiary/aromatic N) is 2. The quantitative estimate of drug-likeness (QED) is 0.473. The van der Waals surface area contributed by atoms with E-state index in [9.17, 15) is 19.5 Å². The Morgan fingerprint density at radius 2 is 1.89 bits per heavy atom. The molecule has 4 rings (SSSR count). The predicted octanol–water partition coefficient (Wildman–Crippen LogP) is 2.93. The minimum atomic E-state index is -0.944. The van der Waals surface area contributed by atoms with Crippen LogP contribution in [0.15, 0.2) is 36.2 Å². The Morgan fingerprint density at radius 3 is 2.56 bits per heavy atom. The number of allylic oxidation sites excluding steroid dienone is 2. The summed E-state index contributed by atoms with van der Waals surface area (Å²) in [5.41, 5.74) is 13.3. The number of nitrogens with two attached hydrogens (primary N) is 2. The van der Waals surface area contributed by atoms with Crippen molar-refractivity contribution in [1.29, 1.82) is 0 Å². The van der Waals surface area contributed by atoms with Crippen molar-refractivity contribution in [2.75, 3.05) is 19.7 Å². The number of carbonyl (C=O) groups is 3. The Hall–Kier alpha value is -3.20. The third kappa shape index (κ3) is 5.16. The molecular formula is C26H33ClN4O5. The average molecular weight is 517 g/mol. The number of amides is 2. The summed E-state index contributed by atoms with van der Waals surface area (Å²) >= 11 is 6.60. The number of fused-ring (bicyclic) bond motifs is 1. The van der Waals surface area contributed by atoms with Crippen molar-refractivity contribution in [3.63, 3.8) is 0 Å². The van der Waals surface area contributed by atoms with Crippen molar-refractivity contribution < 1.29 is 24.2 Å². The van der Waals surface area contributed by atoms with Crippen molar-refractivity contribution >= 4 is 29.4 Å². The number of benzene rings is 1. The number of hydrogen-bond acceptors (Lipinski definition) is 6. The number of hydrogen-bond donors (Lipinski definition) is 3. The number of carbonyl (C=O) groups excluding carboxylic acids is 2. The molecule has 0 spiro atoms. The number of carboxylic acids is 1. The van der Waals surface area contributed by atoms with Gasteiger partial charge in [-0.3, -0.25) is 14.4 Å². The lowest BCUT2D eigenvalue weighted by Gasteiger charge is -2.45. The van der Waals surface area contributed by atoms with Gasteiger partial charge in [-0.25, -0.2) is 0 Å². The molecule has 9 nitrogen and oxygen atoms in total. The van der Waals surface area contributed by atoms with Gasteiger partial charge in [0.05, 0.1) is 11.8 Å². The maximum Gasteiger partial charge on any atom is 0.307 e. The lowest BCUT2D eigenvalue weighted by atomic mass is 9.78. The van der Waals surface area contributed by atoms with Gasteiger partial charge in [0.1, 0.15) is 18.5 Å². The molecule has 3 aliphatic rings. The van der Waals surface area contributed by atoms with E-state index in [-0.39, 0.29) is 18.4 Å². The van der Waals surface area contributed by atoms with Gasteiger partial charge in [-0.05, 0) is 61.7 Å². The molecule has 0 bridgehead atoms. The van der Waals surface area contributed by atoms with Crippen LogP contribution in [-0.4, -0.2) is 52.4 Å². The number of halogens is 1. The SMILES string of the molecule is N/C=C\C=C(/N)COc1ccc(Cl)c2c1C(N1CCCC1=O)N(C(=O)C1CCCCC1C(=O)O)CC2. The molecule has 1 aromatic rings. The molecule has 2 fully saturated rings. The first kappa shape index (κ1) is 25.9. The van der Waals surface area contributed by atoms with E-state index in [1.807, 2.05) is 0 Å². The third-order valence-corrected chi connectivity index (χ3v) is 7.67. The van der Waals surface area contributed by atoms with E-state index in [1.54, 1.807) is 34.1 Å². The van der Waals surface area contributed by atoms with Crippen LogP contribution in [0.1, 0.15) is 55.8 Å². The fourth-order valence-electron chi connectivity index (χ4n) is 5.60. The third-order valence-electron chi connectivity index (χ3n) is 7.32. The first-order valence-corrected chi connectivity index (χ1v) is 12.8. The Morgan fingerprint density at radius 1 is 1.14 bits per heavy atom. The van der Waals surface area contributed by atoms with Crippen molar-refractivity contribution in [3.05, 3.63) is 52.3 Å². The van der Waals surface area contributed by atoms with Crippen LogP contribution in [0.4, 0.5) is 0 Å². The number of likely N-dealkylation sites (tertiary alicyclic amines) is 1. The Balaban J connectivity index is 1.74. The minimum absolute atomic E-state index is 0.0532. The van der Waals surface area contributed by atoms with Gasteiger partial charge in [0.2, 0.25) is 11.8 Å². The second kappa shape index (κ2) is 11.2. The molecule has 0 aromatic heterocycles. The monoisotopic (exact) mass is 516 g/mol. The first-order valence-electron chi connectivity index (χ1n) is 12.4. The van der Waals surface area contributed by atoms with Crippen LogP contribution in [0.5, 0.6) is 5.75 Å². The molecule has 1 aliphatic carbocycles. The normalized spacial score (nSPS) is 24.8. The largest absolute Gasteiger partial charge is 0.487 e. The van der Waals surface area contributed by atoms with Gasteiger partial charge in [-0.2, -0.15) is 0 Å². The molecule has 0 radical (unpaired) electrons. The highest BCUT2D eigenvalue weighted by Crippen LogP contribution is 2.45. The highest BCUT2D eigenvalue weighted by Gasteiger charge is 2.45. The zero-order valence-electron chi connectivity index (χ0n) is 20.2. The maximum absolute atomic E-state index is 13.9. The van der Waals surface area contributed by atoms with Gasteiger partial charge in [-0.1, -0.05) is 24.4 Å². The highest BCUT2D eigenvalue weighted by molar-refractivity contribution is 6.31. The molecule has 1 aromatic carbocycles. The van der Waals surface area contributed by atoms with Crippen LogP contribution < -0.4 is 16.2 Å². The van der Waals surface area contributed by atoms with Gasteiger partial charge in [0.25, 0.3) is 0 Å². The van der Waals surface area contributed by atoms with Gasteiger partial charge >= 0.3 is 5.97 Å². The van der Waals surface area contributed by atoms with Crippen LogP contribution in [0.3, 0.4) is 0 Å². The summed E-state index contributed by atoms with van der Waals surface area (Å²) in [6, 6.07) is 3.48. The van der Waals surface area contributed by atoms with Crippen molar-refractivity contribution in [2.45, 2.75) is 51.1 Å². The van der Waals surface area contributed by atoms with Gasteiger partial charge < -0.3 is 31.1 Å². The summed E-state index contributed by atoms with van der Waals surface area (Å²) in [6.07, 6.45) is 8.04. The van der Waals surface area contributed by atoms with E-state index in [4.69, 9.17) is 27.8 Å². The van der Waals surface area contributed by atoms with E-state index in [0.29, 0.717) is 67.2 Å². The van der Waals surface area contributed by atoms with Crippen LogP contribution >= 0.6 is 11.6 Å². The highest BCUT2D eigenvalue weighted by atomic mass is 35.5. The number of rotatable bonds is 7. The molecule has 5 N–H and O–H groups in total. The van der Waals surface area contributed by atoms with E-state index in [1.165, 1.54) is 6.20 Å². The van der Waals surface area contributed by atoms with E-state index >= 15 is 0 Å². The summed E-state index contributed by atoms with van der Waals surface area (Å²) in [5, 5.41) is 10.3. The van der Waals surface area contributed by atoms with E-state index < -0.39 is 24.0 Å². The smallest absolute Gasteiger partial charge is 0.307 e. The first-order chi connectivity index (χ1) is 17.3. The lowest BCUT2D eigenvalue weighted by Crippen LogP contribution is -2.52. The molecule has 36 heavy (non-hydrogen) atoms. The average Bonchev–Trinajstić information content (AvgIpc) is 3.31. The predicted molar refractivity (Wildman–Crippen MR) is 135 cm³/mol. The summed E-state index contributed by atoms with van der Waals surface area (Å²) in [7, 11) is 0. The summed E-state index contributed by atoms with van der Waals surface area (Å²) < 4.78 is 6.08. The minimum Gasteiger partial charge on any atom is -0.487 e. The van der Waals surface area contributed by atoms with Crippen molar-refractivity contribution in [2.24, 2.45) is 23.3 Å². The number of ether oxygens (including phenoxy) is 1. The molecule has 2 aliphatic heterocycles. The number of carboxylic acid groups (broad SMARTS) is 1. The summed E-state index contributed by atoms with van der Waals surface area (Å²) in [4.78, 5) is 42.2. The molecular weight excluding hydrogens is 484 g/mol. The van der Waals surface area contributed by atoms with Gasteiger partial charge in [-0.15, -0.1) is 0 Å². The van der Waals surface area contributed by atoms with Gasteiger partial charge in [0.15, 0.2) is 0 Å². The van der Waals surface area contributed by atoms with Crippen LogP contribution in [0.25, 0.3) is 0 Å².